The molecular weight excluding hydrogens is 526 g/mol. The summed E-state index contributed by atoms with van der Waals surface area (Å²) >= 11 is 0. The lowest BCUT2D eigenvalue weighted by molar-refractivity contribution is -0.164. The number of benzene rings is 1. The van der Waals surface area contributed by atoms with Crippen LogP contribution >= 0.6 is 0 Å². The summed E-state index contributed by atoms with van der Waals surface area (Å²) in [5.41, 5.74) is -1.03. The van der Waals surface area contributed by atoms with Crippen LogP contribution in [0.1, 0.15) is 40.0 Å². The van der Waals surface area contributed by atoms with E-state index in [0.29, 0.717) is 24.8 Å². The second-order valence-electron chi connectivity index (χ2n) is 11.5. The van der Waals surface area contributed by atoms with Crippen molar-refractivity contribution < 1.29 is 29.0 Å². The van der Waals surface area contributed by atoms with Crippen LogP contribution in [0.5, 0.6) is 0 Å². The summed E-state index contributed by atoms with van der Waals surface area (Å²) in [7, 11) is 0. The van der Waals surface area contributed by atoms with Gasteiger partial charge in [-0.15, -0.1) is 5.10 Å². The van der Waals surface area contributed by atoms with Gasteiger partial charge in [-0.25, -0.2) is 4.68 Å². The smallest absolute Gasteiger partial charge is 0.313 e. The van der Waals surface area contributed by atoms with E-state index in [2.05, 4.69) is 10.3 Å². The third-order valence-corrected chi connectivity index (χ3v) is 9.49. The van der Waals surface area contributed by atoms with Gasteiger partial charge >= 0.3 is 5.97 Å². The molecule has 2 aromatic rings. The Bertz CT molecular complexity index is 1420. The van der Waals surface area contributed by atoms with Crippen LogP contribution in [-0.2, 0) is 30.5 Å². The minimum atomic E-state index is -1.41. The van der Waals surface area contributed by atoms with Gasteiger partial charge in [-0.05, 0) is 30.9 Å². The largest absolute Gasteiger partial charge is 0.465 e. The number of para-hydroxylation sites is 1. The van der Waals surface area contributed by atoms with E-state index in [0.717, 1.165) is 5.52 Å². The molecule has 11 heteroatoms. The molecule has 2 saturated heterocycles. The zero-order valence-electron chi connectivity index (χ0n) is 23.7. The molecular formula is C30H37N5O6. The predicted octanol–water partition coefficient (Wildman–Crippen LogP) is 2.06. The molecule has 1 N–H and O–H groups in total. The Labute approximate surface area is 238 Å². The molecule has 41 heavy (non-hydrogen) atoms. The number of esters is 1. The van der Waals surface area contributed by atoms with Gasteiger partial charge in [-0.2, -0.15) is 0 Å². The lowest BCUT2D eigenvalue weighted by Gasteiger charge is -2.42. The molecule has 11 nitrogen and oxygen atoms in total. The van der Waals surface area contributed by atoms with Gasteiger partial charge in [0.2, 0.25) is 5.91 Å². The first kappa shape index (κ1) is 27.6. The second-order valence-corrected chi connectivity index (χ2v) is 11.5. The van der Waals surface area contributed by atoms with Crippen LogP contribution < -0.4 is 0 Å². The van der Waals surface area contributed by atoms with E-state index in [-0.39, 0.29) is 44.2 Å². The summed E-state index contributed by atoms with van der Waals surface area (Å²) in [6, 6.07) is 5.79. The van der Waals surface area contributed by atoms with Gasteiger partial charge in [0.15, 0.2) is 0 Å². The van der Waals surface area contributed by atoms with Crippen LogP contribution in [0.15, 0.2) is 48.6 Å². The Hall–Kier alpha value is -3.57. The Morgan fingerprint density at radius 3 is 2.66 bits per heavy atom. The third-order valence-electron chi connectivity index (χ3n) is 9.49. The van der Waals surface area contributed by atoms with Crippen molar-refractivity contribution >= 4 is 28.8 Å². The summed E-state index contributed by atoms with van der Waals surface area (Å²) in [5.74, 6) is -3.20. The minimum absolute atomic E-state index is 0.104. The standard InChI is InChI=1S/C30H37N5O6/c1-4-19(3)22(17-36)35-25-27(38)33(18-34-21-12-7-6-11-20(21)31-32-34)15-10-14-30(25)23(26(35)37)24-28(39)40-16-9-8-13-29(24,5-2)41-30/h6-8,10-14,19,22-25,36H,4-5,9,15-18H2,1-3H3/t19-,22-,23-,24-,25?,29+,30-/m0/s1. The number of ether oxygens (including phenoxy) is 2. The van der Waals surface area contributed by atoms with E-state index in [1.165, 1.54) is 4.90 Å². The summed E-state index contributed by atoms with van der Waals surface area (Å²) in [6.07, 6.45) is 9.12. The Balaban J connectivity index is 1.48. The maximum absolute atomic E-state index is 14.7. The van der Waals surface area contributed by atoms with Crippen molar-refractivity contribution in [2.45, 2.75) is 70.0 Å². The van der Waals surface area contributed by atoms with Crippen molar-refractivity contribution in [1.82, 2.24) is 24.8 Å². The molecule has 0 saturated carbocycles. The number of aromatic nitrogens is 3. The topological polar surface area (TPSA) is 127 Å². The quantitative estimate of drug-likeness (QED) is 0.401. The number of carbonyl (C=O) groups excluding carboxylic acids is 3. The van der Waals surface area contributed by atoms with E-state index in [4.69, 9.17) is 9.47 Å². The highest BCUT2D eigenvalue weighted by molar-refractivity contribution is 5.99. The molecule has 4 aliphatic heterocycles. The molecule has 0 aliphatic carbocycles. The second kappa shape index (κ2) is 10.4. The number of amides is 2. The van der Waals surface area contributed by atoms with Gasteiger partial charge in [-0.1, -0.05) is 68.8 Å². The first-order valence-corrected chi connectivity index (χ1v) is 14.5. The molecule has 1 aromatic carbocycles. The molecule has 1 aromatic heterocycles. The molecule has 4 aliphatic rings. The number of aliphatic hydroxyl groups excluding tert-OH is 1. The summed E-state index contributed by atoms with van der Waals surface area (Å²) < 4.78 is 14.2. The molecule has 1 spiro atoms. The van der Waals surface area contributed by atoms with E-state index >= 15 is 0 Å². The lowest BCUT2D eigenvalue weighted by Crippen LogP contribution is -2.60. The Morgan fingerprint density at radius 2 is 1.90 bits per heavy atom. The molecule has 2 amide bonds. The van der Waals surface area contributed by atoms with Crippen LogP contribution in [0, 0.1) is 17.8 Å². The fraction of sp³-hybridized carbons (Fsp3) is 0.567. The average molecular weight is 564 g/mol. The summed E-state index contributed by atoms with van der Waals surface area (Å²) in [4.78, 5) is 45.9. The maximum Gasteiger partial charge on any atom is 0.313 e. The van der Waals surface area contributed by atoms with Gasteiger partial charge in [0.1, 0.15) is 35.3 Å². The highest BCUT2D eigenvalue weighted by Gasteiger charge is 2.76. The minimum Gasteiger partial charge on any atom is -0.465 e. The van der Waals surface area contributed by atoms with Crippen molar-refractivity contribution in [3.05, 3.63) is 48.6 Å². The molecule has 1 unspecified atom stereocenters. The Morgan fingerprint density at radius 1 is 1.10 bits per heavy atom. The highest BCUT2D eigenvalue weighted by Crippen LogP contribution is 2.58. The van der Waals surface area contributed by atoms with Crippen LogP contribution in [0.4, 0.5) is 0 Å². The highest BCUT2D eigenvalue weighted by atomic mass is 16.6. The first-order chi connectivity index (χ1) is 19.8. The number of rotatable bonds is 7. The lowest BCUT2D eigenvalue weighted by atomic mass is 9.73. The van der Waals surface area contributed by atoms with Gasteiger partial charge in [0, 0.05) is 6.54 Å². The number of cyclic esters (lactones) is 1. The van der Waals surface area contributed by atoms with E-state index in [1.54, 1.807) is 9.58 Å². The number of hydrogen-bond donors (Lipinski definition) is 1. The number of fused-ring (bicyclic) bond motifs is 3. The van der Waals surface area contributed by atoms with Crippen LogP contribution in [0.25, 0.3) is 11.0 Å². The van der Waals surface area contributed by atoms with Crippen molar-refractivity contribution in [1.29, 1.82) is 0 Å². The number of carbonyl (C=O) groups is 3. The SMILES string of the molecule is CC[C@H](C)[C@H](CO)N1C(=O)[C@@H]2[C@H]3C(=O)OCCC=C[C@@]3(CC)O[C@@]23C=CCN(Cn2nnc4ccccc42)C(=O)C13. The molecule has 0 bridgehead atoms. The van der Waals surface area contributed by atoms with Crippen molar-refractivity contribution in [3.63, 3.8) is 0 Å². The van der Waals surface area contributed by atoms with Crippen molar-refractivity contribution in [2.24, 2.45) is 17.8 Å². The zero-order valence-corrected chi connectivity index (χ0v) is 23.7. The van der Waals surface area contributed by atoms with Crippen molar-refractivity contribution in [3.8, 4) is 0 Å². The van der Waals surface area contributed by atoms with E-state index in [9.17, 15) is 19.5 Å². The fourth-order valence-corrected chi connectivity index (χ4v) is 7.20. The van der Waals surface area contributed by atoms with Gasteiger partial charge < -0.3 is 24.4 Å². The van der Waals surface area contributed by atoms with Crippen LogP contribution in [0.2, 0.25) is 0 Å². The summed E-state index contributed by atoms with van der Waals surface area (Å²) in [6.45, 7) is 6.11. The van der Waals surface area contributed by atoms with E-state index in [1.807, 2.05) is 69.3 Å². The normalized spacial score (nSPS) is 32.7. The van der Waals surface area contributed by atoms with Crippen molar-refractivity contribution in [2.75, 3.05) is 19.8 Å². The van der Waals surface area contributed by atoms with Crippen LogP contribution in [0.3, 0.4) is 0 Å². The van der Waals surface area contributed by atoms with Gasteiger partial charge in [-0.3, -0.25) is 14.4 Å². The van der Waals surface area contributed by atoms with Gasteiger partial charge in [0.05, 0.1) is 30.7 Å². The monoisotopic (exact) mass is 563 g/mol. The third kappa shape index (κ3) is 4.04. The summed E-state index contributed by atoms with van der Waals surface area (Å²) in [5, 5.41) is 19.1. The molecule has 218 valence electrons. The molecule has 2 fully saturated rings. The predicted molar refractivity (Wildman–Crippen MR) is 148 cm³/mol. The number of nitrogens with zero attached hydrogens (tertiary/aromatic N) is 5. The van der Waals surface area contributed by atoms with Gasteiger partial charge in [0.25, 0.3) is 5.91 Å². The zero-order chi connectivity index (χ0) is 28.9. The molecule has 6 rings (SSSR count). The maximum atomic E-state index is 14.7. The fourth-order valence-electron chi connectivity index (χ4n) is 7.20. The molecule has 5 heterocycles. The number of hydrogen-bond acceptors (Lipinski definition) is 8. The average Bonchev–Trinajstić information content (AvgIpc) is 3.55. The van der Waals surface area contributed by atoms with Crippen LogP contribution in [-0.4, -0.2) is 90.7 Å². The molecule has 7 atom stereocenters. The molecule has 0 radical (unpaired) electrons. The number of likely N-dealkylation sites (tertiary alicyclic amines) is 1. The van der Waals surface area contributed by atoms with E-state index < -0.39 is 41.1 Å². The number of aliphatic hydroxyl groups is 1. The first-order valence-electron chi connectivity index (χ1n) is 14.5. The Kier molecular flexibility index (Phi) is 6.97.